The topological polar surface area (TPSA) is 21.7 Å². The van der Waals surface area contributed by atoms with Crippen molar-refractivity contribution in [1.82, 2.24) is 4.90 Å². The van der Waals surface area contributed by atoms with E-state index in [1.807, 2.05) is 24.3 Å². The molecular formula is C14H19NO2. The molecule has 1 fully saturated rings. The molecule has 0 bridgehead atoms. The Hall–Kier alpha value is -1.16. The zero-order chi connectivity index (χ0) is 11.9. The van der Waals surface area contributed by atoms with Crippen molar-refractivity contribution >= 4 is 0 Å². The molecule has 0 radical (unpaired) electrons. The summed E-state index contributed by atoms with van der Waals surface area (Å²) in [6, 6.07) is 10.1. The van der Waals surface area contributed by atoms with E-state index in [2.05, 4.69) is 23.6 Å². The molecular weight excluding hydrogens is 214 g/mol. The molecule has 2 rings (SSSR count). The molecule has 17 heavy (non-hydrogen) atoms. The average Bonchev–Trinajstić information content (AvgIpc) is 2.32. The van der Waals surface area contributed by atoms with Gasteiger partial charge in [0.15, 0.2) is 0 Å². The van der Waals surface area contributed by atoms with Crippen LogP contribution in [-0.4, -0.2) is 37.4 Å². The molecule has 1 heterocycles. The van der Waals surface area contributed by atoms with E-state index in [-0.39, 0.29) is 0 Å². The highest BCUT2D eigenvalue weighted by Crippen LogP contribution is 2.11. The average molecular weight is 233 g/mol. The fourth-order valence-electron chi connectivity index (χ4n) is 1.84. The van der Waals surface area contributed by atoms with E-state index in [4.69, 9.17) is 9.47 Å². The van der Waals surface area contributed by atoms with Gasteiger partial charge in [0.25, 0.3) is 0 Å². The van der Waals surface area contributed by atoms with E-state index in [0.29, 0.717) is 19.5 Å². The van der Waals surface area contributed by atoms with Gasteiger partial charge in [-0.05, 0) is 5.56 Å². The Kier molecular flexibility index (Phi) is 4.74. The Labute approximate surface area is 103 Å². The number of rotatable bonds is 7. The first-order valence-electron chi connectivity index (χ1n) is 5.95. The minimum Gasteiger partial charge on any atom is -0.351 e. The Balaban J connectivity index is 1.52. The Bertz CT molecular complexity index is 333. The summed E-state index contributed by atoms with van der Waals surface area (Å²) in [7, 11) is 0. The van der Waals surface area contributed by atoms with Gasteiger partial charge >= 0.3 is 0 Å². The number of benzene rings is 1. The molecule has 0 saturated carbocycles. The zero-order valence-electron chi connectivity index (χ0n) is 10.0. The maximum Gasteiger partial charge on any atom is 0.147 e. The van der Waals surface area contributed by atoms with E-state index in [9.17, 15) is 0 Å². The summed E-state index contributed by atoms with van der Waals surface area (Å²) in [4.78, 5) is 2.29. The molecule has 0 atom stereocenters. The molecule has 0 unspecified atom stereocenters. The van der Waals surface area contributed by atoms with Gasteiger partial charge in [0, 0.05) is 19.6 Å². The van der Waals surface area contributed by atoms with Gasteiger partial charge in [0.05, 0.1) is 12.7 Å². The summed E-state index contributed by atoms with van der Waals surface area (Å²) < 4.78 is 11.0. The highest BCUT2D eigenvalue weighted by Gasteiger charge is 2.25. The van der Waals surface area contributed by atoms with Crippen LogP contribution in [0.1, 0.15) is 5.56 Å². The third kappa shape index (κ3) is 3.97. The van der Waals surface area contributed by atoms with E-state index >= 15 is 0 Å². The molecule has 0 amide bonds. The van der Waals surface area contributed by atoms with Crippen LogP contribution in [0.2, 0.25) is 0 Å². The van der Waals surface area contributed by atoms with Gasteiger partial charge in [-0.3, -0.25) is 4.90 Å². The van der Waals surface area contributed by atoms with Crippen LogP contribution in [0.15, 0.2) is 43.0 Å². The van der Waals surface area contributed by atoms with Crippen LogP contribution >= 0.6 is 0 Å². The summed E-state index contributed by atoms with van der Waals surface area (Å²) in [5.74, 6) is 0. The maximum absolute atomic E-state index is 5.58. The smallest absolute Gasteiger partial charge is 0.147 e. The normalized spacial score (nSPS) is 16.7. The molecule has 1 aromatic rings. The van der Waals surface area contributed by atoms with Crippen LogP contribution < -0.4 is 0 Å². The minimum absolute atomic E-state index is 0.325. The van der Waals surface area contributed by atoms with Crippen molar-refractivity contribution in [1.29, 1.82) is 0 Å². The highest BCUT2D eigenvalue weighted by atomic mass is 16.7. The molecule has 3 heteroatoms. The van der Waals surface area contributed by atoms with E-state index < -0.39 is 0 Å². The lowest BCUT2D eigenvalue weighted by Gasteiger charge is -2.37. The van der Waals surface area contributed by atoms with E-state index in [1.54, 1.807) is 0 Å². The second-order valence-corrected chi connectivity index (χ2v) is 4.25. The fraction of sp³-hybridized carbons (Fsp3) is 0.429. The largest absolute Gasteiger partial charge is 0.351 e. The number of hydrogen-bond donors (Lipinski definition) is 0. The fourth-order valence-corrected chi connectivity index (χ4v) is 1.84. The van der Waals surface area contributed by atoms with Gasteiger partial charge in [-0.1, -0.05) is 36.4 Å². The summed E-state index contributed by atoms with van der Waals surface area (Å²) in [5, 5.41) is 0. The predicted molar refractivity (Wildman–Crippen MR) is 67.6 cm³/mol. The van der Waals surface area contributed by atoms with E-state index in [1.165, 1.54) is 5.56 Å². The molecule has 1 aliphatic rings. The summed E-state index contributed by atoms with van der Waals surface area (Å²) in [6.45, 7) is 7.62. The van der Waals surface area contributed by atoms with Gasteiger partial charge in [0.1, 0.15) is 6.79 Å². The molecule has 0 spiro atoms. The first-order valence-corrected chi connectivity index (χ1v) is 5.95. The highest BCUT2D eigenvalue weighted by molar-refractivity contribution is 5.13. The molecule has 92 valence electrons. The molecule has 1 aliphatic heterocycles. The second kappa shape index (κ2) is 6.55. The molecule has 0 N–H and O–H groups in total. The molecule has 1 saturated heterocycles. The van der Waals surface area contributed by atoms with Crippen LogP contribution in [-0.2, 0) is 16.1 Å². The summed E-state index contributed by atoms with van der Waals surface area (Å²) in [6.07, 6.45) is 2.24. The van der Waals surface area contributed by atoms with Crippen molar-refractivity contribution in [3.8, 4) is 0 Å². The predicted octanol–water partition coefficient (Wildman–Crippen LogP) is 2.05. The van der Waals surface area contributed by atoms with Gasteiger partial charge in [-0.25, -0.2) is 0 Å². The maximum atomic E-state index is 5.58. The van der Waals surface area contributed by atoms with E-state index in [0.717, 1.165) is 19.6 Å². The van der Waals surface area contributed by atoms with Crippen LogP contribution in [0, 0.1) is 0 Å². The molecule has 3 nitrogen and oxygen atoms in total. The molecule has 0 aromatic heterocycles. The van der Waals surface area contributed by atoms with Crippen LogP contribution in [0.5, 0.6) is 0 Å². The van der Waals surface area contributed by atoms with Gasteiger partial charge < -0.3 is 9.47 Å². The van der Waals surface area contributed by atoms with Crippen LogP contribution in [0.3, 0.4) is 0 Å². The van der Waals surface area contributed by atoms with Crippen molar-refractivity contribution in [2.45, 2.75) is 12.7 Å². The van der Waals surface area contributed by atoms with Crippen molar-refractivity contribution in [3.05, 3.63) is 48.6 Å². The molecule has 0 aliphatic carbocycles. The number of nitrogens with zero attached hydrogens (tertiary/aromatic N) is 1. The first-order chi connectivity index (χ1) is 8.38. The zero-order valence-corrected chi connectivity index (χ0v) is 10.0. The first kappa shape index (κ1) is 12.3. The number of likely N-dealkylation sites (tertiary alicyclic amines) is 1. The SMILES string of the molecule is C=CCN1CC(OCOCc2ccccc2)C1. The van der Waals surface area contributed by atoms with Gasteiger partial charge in [-0.2, -0.15) is 0 Å². The second-order valence-electron chi connectivity index (χ2n) is 4.25. The summed E-state index contributed by atoms with van der Waals surface area (Å²) >= 11 is 0. The summed E-state index contributed by atoms with van der Waals surface area (Å²) in [5.41, 5.74) is 1.18. The van der Waals surface area contributed by atoms with Crippen molar-refractivity contribution in [2.24, 2.45) is 0 Å². The van der Waals surface area contributed by atoms with Crippen molar-refractivity contribution in [2.75, 3.05) is 26.4 Å². The Morgan fingerprint density at radius 1 is 1.29 bits per heavy atom. The quantitative estimate of drug-likeness (QED) is 0.409. The third-order valence-electron chi connectivity index (χ3n) is 2.81. The monoisotopic (exact) mass is 233 g/mol. The lowest BCUT2D eigenvalue weighted by molar-refractivity contribution is -0.137. The van der Waals surface area contributed by atoms with Crippen molar-refractivity contribution in [3.63, 3.8) is 0 Å². The molecule has 1 aromatic carbocycles. The third-order valence-corrected chi connectivity index (χ3v) is 2.81. The number of hydrogen-bond acceptors (Lipinski definition) is 3. The van der Waals surface area contributed by atoms with Crippen molar-refractivity contribution < 1.29 is 9.47 Å². The van der Waals surface area contributed by atoms with Gasteiger partial charge in [-0.15, -0.1) is 6.58 Å². The lowest BCUT2D eigenvalue weighted by Crippen LogP contribution is -2.52. The van der Waals surface area contributed by atoms with Gasteiger partial charge in [0.2, 0.25) is 0 Å². The Morgan fingerprint density at radius 2 is 2.06 bits per heavy atom. The number of ether oxygens (including phenoxy) is 2. The Morgan fingerprint density at radius 3 is 2.76 bits per heavy atom. The minimum atomic E-state index is 0.325. The lowest BCUT2D eigenvalue weighted by atomic mass is 10.2. The van der Waals surface area contributed by atoms with Crippen LogP contribution in [0.25, 0.3) is 0 Å². The standard InChI is InChI=1S/C14H19NO2/c1-2-8-15-9-14(10-15)17-12-16-11-13-6-4-3-5-7-13/h2-7,14H,1,8-12H2. The van der Waals surface area contributed by atoms with Crippen LogP contribution in [0.4, 0.5) is 0 Å².